The van der Waals surface area contributed by atoms with E-state index in [4.69, 9.17) is 9.16 Å². The summed E-state index contributed by atoms with van der Waals surface area (Å²) >= 11 is 0. The second-order valence-corrected chi connectivity index (χ2v) is 17.9. The van der Waals surface area contributed by atoms with E-state index in [1.807, 2.05) is 6.08 Å². The van der Waals surface area contributed by atoms with Crippen LogP contribution in [0.1, 0.15) is 86.5 Å². The lowest BCUT2D eigenvalue weighted by Gasteiger charge is -2.57. The Bertz CT molecular complexity index is 824. The molecule has 3 saturated carbocycles. The highest BCUT2D eigenvalue weighted by atomic mass is 28.4. The van der Waals surface area contributed by atoms with Gasteiger partial charge in [0.05, 0.1) is 6.10 Å². The molecule has 180 valence electrons. The zero-order valence-electron chi connectivity index (χ0n) is 21.5. The minimum atomic E-state index is -1.86. The SMILES string of the molecule is CC(=O)O[C@H]1CC[C@@]2(C)C(=CC(=O)[C@H]3[C@@H]4CC[C@H](O[Si](C)(C)C(C)(C)C)[C@@]4(C)CC[C@@H]32)C1. The van der Waals surface area contributed by atoms with Crippen molar-refractivity contribution in [2.45, 2.75) is 117 Å². The van der Waals surface area contributed by atoms with Gasteiger partial charge in [-0.25, -0.2) is 0 Å². The molecule has 0 aromatic carbocycles. The molecule has 0 radical (unpaired) electrons. The number of esters is 1. The van der Waals surface area contributed by atoms with Crippen LogP contribution < -0.4 is 0 Å². The smallest absolute Gasteiger partial charge is 0.302 e. The van der Waals surface area contributed by atoms with Crippen molar-refractivity contribution in [2.24, 2.45) is 28.6 Å². The summed E-state index contributed by atoms with van der Waals surface area (Å²) in [6.45, 7) is 17.9. The maximum atomic E-state index is 13.6. The van der Waals surface area contributed by atoms with Gasteiger partial charge in [0.15, 0.2) is 14.1 Å². The molecule has 4 rings (SSSR count). The lowest BCUT2D eigenvalue weighted by molar-refractivity contribution is -0.149. The largest absolute Gasteiger partial charge is 0.462 e. The number of carbonyl (C=O) groups excluding carboxylic acids is 2. The first-order valence-electron chi connectivity index (χ1n) is 12.8. The molecule has 0 aromatic rings. The number of ketones is 1. The van der Waals surface area contributed by atoms with Crippen molar-refractivity contribution >= 4 is 20.1 Å². The van der Waals surface area contributed by atoms with Crippen molar-refractivity contribution in [3.63, 3.8) is 0 Å². The highest BCUT2D eigenvalue weighted by Crippen LogP contribution is 2.65. The van der Waals surface area contributed by atoms with Gasteiger partial charge in [-0.2, -0.15) is 0 Å². The molecule has 32 heavy (non-hydrogen) atoms. The van der Waals surface area contributed by atoms with Gasteiger partial charge in [0.25, 0.3) is 0 Å². The van der Waals surface area contributed by atoms with Crippen LogP contribution in [0.15, 0.2) is 11.6 Å². The molecule has 0 N–H and O–H groups in total. The Morgan fingerprint density at radius 1 is 1.06 bits per heavy atom. The third-order valence-electron chi connectivity index (χ3n) is 10.4. The molecule has 0 saturated heterocycles. The first-order valence-corrected chi connectivity index (χ1v) is 15.7. The first-order chi connectivity index (χ1) is 14.7. The third kappa shape index (κ3) is 3.75. The van der Waals surface area contributed by atoms with E-state index in [-0.39, 0.29) is 40.0 Å². The fourth-order valence-electron chi connectivity index (χ4n) is 7.38. The summed E-state index contributed by atoms with van der Waals surface area (Å²) in [6, 6.07) is 0. The Kier molecular flexibility index (Phi) is 5.89. The zero-order chi connectivity index (χ0) is 23.7. The summed E-state index contributed by atoms with van der Waals surface area (Å²) in [4.78, 5) is 25.1. The number of allylic oxidation sites excluding steroid dienone is 1. The fraction of sp³-hybridized carbons (Fsp3) is 0.852. The summed E-state index contributed by atoms with van der Waals surface area (Å²) in [5.74, 6) is 1.07. The predicted octanol–water partition coefficient (Wildman–Crippen LogP) is 6.45. The maximum Gasteiger partial charge on any atom is 0.302 e. The Hall–Kier alpha value is -0.943. The molecule has 5 heteroatoms. The van der Waals surface area contributed by atoms with E-state index >= 15 is 0 Å². The number of ether oxygens (including phenoxy) is 1. The average Bonchev–Trinajstić information content (AvgIpc) is 2.97. The van der Waals surface area contributed by atoms with Gasteiger partial charge >= 0.3 is 5.97 Å². The molecule has 0 amide bonds. The fourth-order valence-corrected chi connectivity index (χ4v) is 8.83. The molecule has 3 fully saturated rings. The highest BCUT2D eigenvalue weighted by molar-refractivity contribution is 6.74. The van der Waals surface area contributed by atoms with Crippen molar-refractivity contribution in [1.29, 1.82) is 0 Å². The molecular weight excluding hydrogens is 416 g/mol. The summed E-state index contributed by atoms with van der Waals surface area (Å²) in [5.41, 5.74) is 1.40. The Labute approximate surface area is 196 Å². The van der Waals surface area contributed by atoms with Crippen LogP contribution >= 0.6 is 0 Å². The van der Waals surface area contributed by atoms with Crippen LogP contribution in [0, 0.1) is 28.6 Å². The van der Waals surface area contributed by atoms with Crippen LogP contribution in [0.3, 0.4) is 0 Å². The van der Waals surface area contributed by atoms with Gasteiger partial charge in [0, 0.05) is 19.3 Å². The lowest BCUT2D eigenvalue weighted by atomic mass is 9.47. The number of rotatable bonds is 3. The van der Waals surface area contributed by atoms with Crippen LogP contribution in [-0.4, -0.2) is 32.3 Å². The van der Waals surface area contributed by atoms with E-state index < -0.39 is 8.32 Å². The monoisotopic (exact) mass is 460 g/mol. The molecule has 4 nitrogen and oxygen atoms in total. The number of carbonyl (C=O) groups is 2. The number of fused-ring (bicyclic) bond motifs is 5. The quantitative estimate of drug-likeness (QED) is 0.359. The van der Waals surface area contributed by atoms with Crippen LogP contribution in [0.4, 0.5) is 0 Å². The third-order valence-corrected chi connectivity index (χ3v) is 14.9. The highest BCUT2D eigenvalue weighted by Gasteiger charge is 2.62. The summed E-state index contributed by atoms with van der Waals surface area (Å²) in [7, 11) is -1.86. The van der Waals surface area contributed by atoms with Gasteiger partial charge < -0.3 is 9.16 Å². The Balaban J connectivity index is 1.59. The van der Waals surface area contributed by atoms with E-state index in [2.05, 4.69) is 47.7 Å². The molecule has 4 aliphatic rings. The van der Waals surface area contributed by atoms with Gasteiger partial charge in [-0.3, -0.25) is 9.59 Å². The Morgan fingerprint density at radius 3 is 2.38 bits per heavy atom. The molecule has 0 aromatic heterocycles. The zero-order valence-corrected chi connectivity index (χ0v) is 22.5. The van der Waals surface area contributed by atoms with Crippen molar-refractivity contribution in [2.75, 3.05) is 0 Å². The molecule has 0 bridgehead atoms. The second-order valence-electron chi connectivity index (χ2n) is 13.2. The molecule has 0 aliphatic heterocycles. The van der Waals surface area contributed by atoms with Crippen LogP contribution in [0.5, 0.6) is 0 Å². The van der Waals surface area contributed by atoms with Gasteiger partial charge in [-0.05, 0) is 85.4 Å². The maximum absolute atomic E-state index is 13.6. The van der Waals surface area contributed by atoms with Gasteiger partial charge in [-0.1, -0.05) is 40.2 Å². The molecule has 7 atom stereocenters. The van der Waals surface area contributed by atoms with Crippen molar-refractivity contribution < 1.29 is 18.8 Å². The molecule has 0 heterocycles. The van der Waals surface area contributed by atoms with E-state index in [9.17, 15) is 9.59 Å². The van der Waals surface area contributed by atoms with Gasteiger partial charge in [0.1, 0.15) is 6.10 Å². The summed E-state index contributed by atoms with van der Waals surface area (Å²) in [6.07, 6.45) is 9.27. The lowest BCUT2D eigenvalue weighted by Crippen LogP contribution is -2.55. The van der Waals surface area contributed by atoms with Crippen LogP contribution in [-0.2, 0) is 18.8 Å². The Morgan fingerprint density at radius 2 is 1.75 bits per heavy atom. The second kappa shape index (κ2) is 7.80. The van der Waals surface area contributed by atoms with Crippen molar-refractivity contribution in [3.8, 4) is 0 Å². The summed E-state index contributed by atoms with van der Waals surface area (Å²) in [5, 5.41) is 0.199. The topological polar surface area (TPSA) is 52.6 Å². The molecule has 0 spiro atoms. The van der Waals surface area contributed by atoms with E-state index in [0.29, 0.717) is 17.6 Å². The average molecular weight is 461 g/mol. The standard InChI is InChI=1S/C27H44O4Si/c1-17(28)30-19-11-13-26(5)18(15-19)16-22(29)24-20-9-10-23(27(20,6)14-12-21(24)26)31-32(7,8)25(2,3)4/h16,19-21,23-24H,9-15H2,1-8H3/t19-,20-,21-,23-,24-,26-,27-/m0/s1. The minimum absolute atomic E-state index is 0.0644. The van der Waals surface area contributed by atoms with E-state index in [1.165, 1.54) is 12.5 Å². The van der Waals surface area contributed by atoms with Gasteiger partial charge in [-0.15, -0.1) is 0 Å². The normalized spacial score (nSPS) is 41.9. The first kappa shape index (κ1) is 24.2. The molecule has 0 unspecified atom stereocenters. The van der Waals surface area contributed by atoms with Crippen LogP contribution in [0.2, 0.25) is 18.1 Å². The predicted molar refractivity (Wildman–Crippen MR) is 130 cm³/mol. The van der Waals surface area contributed by atoms with E-state index in [1.54, 1.807) is 0 Å². The number of hydrogen-bond acceptors (Lipinski definition) is 4. The van der Waals surface area contributed by atoms with Crippen molar-refractivity contribution in [3.05, 3.63) is 11.6 Å². The number of hydrogen-bond donors (Lipinski definition) is 0. The van der Waals surface area contributed by atoms with Crippen molar-refractivity contribution in [1.82, 2.24) is 0 Å². The summed E-state index contributed by atoms with van der Waals surface area (Å²) < 4.78 is 12.5. The van der Waals surface area contributed by atoms with Crippen LogP contribution in [0.25, 0.3) is 0 Å². The molecular formula is C27H44O4Si. The van der Waals surface area contributed by atoms with Gasteiger partial charge in [0.2, 0.25) is 0 Å². The molecule has 4 aliphatic carbocycles. The van der Waals surface area contributed by atoms with E-state index in [0.717, 1.165) is 44.9 Å². The minimum Gasteiger partial charge on any atom is -0.462 e.